The van der Waals surface area contributed by atoms with Gasteiger partial charge >= 0.3 is 0 Å². The summed E-state index contributed by atoms with van der Waals surface area (Å²) in [5, 5.41) is 7.92. The molecule has 0 aliphatic rings. The number of nitrogens with zero attached hydrogens (tertiary/aromatic N) is 3. The van der Waals surface area contributed by atoms with E-state index < -0.39 is 9.05 Å². The summed E-state index contributed by atoms with van der Waals surface area (Å²) in [6, 6.07) is 4.97. The lowest BCUT2D eigenvalue weighted by Crippen LogP contribution is -2.08. The summed E-state index contributed by atoms with van der Waals surface area (Å²) in [4.78, 5) is 0. The van der Waals surface area contributed by atoms with Crippen LogP contribution in [0.2, 0.25) is 10.0 Å². The number of halogens is 3. The van der Waals surface area contributed by atoms with Crippen LogP contribution in [0, 0.1) is 0 Å². The van der Waals surface area contributed by atoms with Crippen molar-refractivity contribution >= 4 is 42.9 Å². The van der Waals surface area contributed by atoms with Gasteiger partial charge in [-0.25, -0.2) is 8.42 Å². The number of rotatable bonds is 4. The van der Waals surface area contributed by atoms with Crippen LogP contribution in [0.1, 0.15) is 13.3 Å². The molecule has 2 aromatic rings. The second-order valence-electron chi connectivity index (χ2n) is 3.99. The summed E-state index contributed by atoms with van der Waals surface area (Å²) in [6.45, 7) is 2.27. The Labute approximate surface area is 130 Å². The molecule has 0 aliphatic carbocycles. The molecular formula is C11H10Cl3N3O2S. The summed E-state index contributed by atoms with van der Waals surface area (Å²) in [6.07, 6.45) is 0.673. The average molecular weight is 355 g/mol. The van der Waals surface area contributed by atoms with Gasteiger partial charge < -0.3 is 0 Å². The molecule has 0 atom stereocenters. The fraction of sp³-hybridized carbons (Fsp3) is 0.273. The molecule has 9 heteroatoms. The standard InChI is InChI=1S/C11H10Cl3N3O2S/c1-2-6-17-10(15-16-11(17)20(14,18)19)9-7(12)4-3-5-8(9)13/h3-5H,2,6H2,1H3. The molecule has 5 nitrogen and oxygen atoms in total. The van der Waals surface area contributed by atoms with Crippen LogP contribution >= 0.6 is 33.9 Å². The Morgan fingerprint density at radius 1 is 1.20 bits per heavy atom. The highest BCUT2D eigenvalue weighted by Gasteiger charge is 2.25. The average Bonchev–Trinajstić information content (AvgIpc) is 2.73. The zero-order chi connectivity index (χ0) is 14.9. The van der Waals surface area contributed by atoms with Gasteiger partial charge in [-0.1, -0.05) is 36.2 Å². The number of hydrogen-bond acceptors (Lipinski definition) is 4. The highest BCUT2D eigenvalue weighted by Crippen LogP contribution is 2.34. The molecule has 0 fully saturated rings. The molecule has 0 N–H and O–H groups in total. The first-order chi connectivity index (χ1) is 9.36. The zero-order valence-electron chi connectivity index (χ0n) is 10.3. The minimum atomic E-state index is -3.99. The number of hydrogen-bond donors (Lipinski definition) is 0. The summed E-state index contributed by atoms with van der Waals surface area (Å²) >= 11 is 12.2. The van der Waals surface area contributed by atoms with Gasteiger partial charge in [-0.3, -0.25) is 4.57 Å². The van der Waals surface area contributed by atoms with Crippen LogP contribution in [0.5, 0.6) is 0 Å². The molecule has 0 aliphatic heterocycles. The largest absolute Gasteiger partial charge is 0.297 e. The van der Waals surface area contributed by atoms with Crippen LogP contribution in [0.3, 0.4) is 0 Å². The fourth-order valence-corrected chi connectivity index (χ4v) is 3.28. The Bertz CT molecular complexity index is 723. The summed E-state index contributed by atoms with van der Waals surface area (Å²) < 4.78 is 24.4. The van der Waals surface area contributed by atoms with E-state index in [4.69, 9.17) is 33.9 Å². The lowest BCUT2D eigenvalue weighted by Gasteiger charge is -2.09. The van der Waals surface area contributed by atoms with Crippen LogP contribution in [0.4, 0.5) is 0 Å². The van der Waals surface area contributed by atoms with E-state index in [9.17, 15) is 8.42 Å². The Morgan fingerprint density at radius 2 is 1.80 bits per heavy atom. The predicted molar refractivity (Wildman–Crippen MR) is 78.8 cm³/mol. The molecule has 1 aromatic heterocycles. The summed E-state index contributed by atoms with van der Waals surface area (Å²) in [5.74, 6) is 0.279. The maximum absolute atomic E-state index is 11.5. The van der Waals surface area contributed by atoms with Crippen molar-refractivity contribution < 1.29 is 8.42 Å². The zero-order valence-corrected chi connectivity index (χ0v) is 13.4. The van der Waals surface area contributed by atoms with Gasteiger partial charge in [-0.05, 0) is 18.6 Å². The molecule has 1 aromatic carbocycles. The third-order valence-electron chi connectivity index (χ3n) is 2.57. The first-order valence-corrected chi connectivity index (χ1v) is 8.75. The van der Waals surface area contributed by atoms with Crippen LogP contribution < -0.4 is 0 Å². The van der Waals surface area contributed by atoms with Crippen molar-refractivity contribution in [3.05, 3.63) is 28.2 Å². The van der Waals surface area contributed by atoms with Crippen molar-refractivity contribution in [1.82, 2.24) is 14.8 Å². The topological polar surface area (TPSA) is 64.8 Å². The molecule has 0 spiro atoms. The van der Waals surface area contributed by atoms with Gasteiger partial charge in [-0.2, -0.15) is 0 Å². The second-order valence-corrected chi connectivity index (χ2v) is 7.27. The minimum Gasteiger partial charge on any atom is -0.297 e. The van der Waals surface area contributed by atoms with Crippen LogP contribution in [-0.4, -0.2) is 23.2 Å². The van der Waals surface area contributed by atoms with Gasteiger partial charge in [-0.15, -0.1) is 10.2 Å². The highest BCUT2D eigenvalue weighted by atomic mass is 35.7. The van der Waals surface area contributed by atoms with Gasteiger partial charge in [0.25, 0.3) is 14.2 Å². The molecule has 2 rings (SSSR count). The third-order valence-corrected chi connectivity index (χ3v) is 4.35. The SMILES string of the molecule is CCCn1c(-c2c(Cl)cccc2Cl)nnc1S(=O)(=O)Cl. The lowest BCUT2D eigenvalue weighted by molar-refractivity contribution is 0.570. The van der Waals surface area contributed by atoms with Crippen molar-refractivity contribution in [1.29, 1.82) is 0 Å². The van der Waals surface area contributed by atoms with E-state index in [2.05, 4.69) is 10.2 Å². The van der Waals surface area contributed by atoms with Crippen molar-refractivity contribution in [2.24, 2.45) is 0 Å². The van der Waals surface area contributed by atoms with E-state index in [0.717, 1.165) is 0 Å². The molecule has 0 saturated carbocycles. The molecule has 0 radical (unpaired) electrons. The van der Waals surface area contributed by atoms with E-state index >= 15 is 0 Å². The van der Waals surface area contributed by atoms with E-state index in [1.54, 1.807) is 18.2 Å². The highest BCUT2D eigenvalue weighted by molar-refractivity contribution is 8.13. The normalized spacial score (nSPS) is 11.8. The first kappa shape index (κ1) is 15.6. The van der Waals surface area contributed by atoms with Crippen LogP contribution in [-0.2, 0) is 15.6 Å². The van der Waals surface area contributed by atoms with Crippen LogP contribution in [0.15, 0.2) is 23.4 Å². The molecule has 1 heterocycles. The van der Waals surface area contributed by atoms with Gasteiger partial charge in [0.05, 0.1) is 15.6 Å². The number of benzene rings is 1. The molecule has 108 valence electrons. The Balaban J connectivity index is 2.73. The molecule has 0 bridgehead atoms. The van der Waals surface area contributed by atoms with Crippen LogP contribution in [0.25, 0.3) is 11.4 Å². The van der Waals surface area contributed by atoms with E-state index in [-0.39, 0.29) is 11.0 Å². The van der Waals surface area contributed by atoms with Crippen molar-refractivity contribution in [3.8, 4) is 11.4 Å². The molecule has 0 unspecified atom stereocenters. The number of aromatic nitrogens is 3. The van der Waals surface area contributed by atoms with Crippen molar-refractivity contribution in [2.75, 3.05) is 0 Å². The second kappa shape index (κ2) is 5.89. The maximum Gasteiger partial charge on any atom is 0.296 e. The quantitative estimate of drug-likeness (QED) is 0.787. The van der Waals surface area contributed by atoms with Crippen molar-refractivity contribution in [3.63, 3.8) is 0 Å². The Morgan fingerprint density at radius 3 is 2.30 bits per heavy atom. The smallest absolute Gasteiger partial charge is 0.296 e. The van der Waals surface area contributed by atoms with Gasteiger partial charge in [0.2, 0.25) is 0 Å². The van der Waals surface area contributed by atoms with Crippen molar-refractivity contribution in [2.45, 2.75) is 25.0 Å². The molecule has 0 amide bonds. The van der Waals surface area contributed by atoms with Gasteiger partial charge in [0.15, 0.2) is 5.82 Å². The van der Waals surface area contributed by atoms with E-state index in [0.29, 0.717) is 28.6 Å². The Kier molecular flexibility index (Phi) is 4.59. The lowest BCUT2D eigenvalue weighted by atomic mass is 10.2. The van der Waals surface area contributed by atoms with Gasteiger partial charge in [0, 0.05) is 17.2 Å². The molecule has 0 saturated heterocycles. The monoisotopic (exact) mass is 353 g/mol. The molecule has 20 heavy (non-hydrogen) atoms. The fourth-order valence-electron chi connectivity index (χ4n) is 1.79. The predicted octanol–water partition coefficient (Wildman–Crippen LogP) is 3.59. The maximum atomic E-state index is 11.5. The summed E-state index contributed by atoms with van der Waals surface area (Å²) in [5.41, 5.74) is 0.434. The first-order valence-electron chi connectivity index (χ1n) is 5.68. The van der Waals surface area contributed by atoms with E-state index in [1.807, 2.05) is 6.92 Å². The van der Waals surface area contributed by atoms with E-state index in [1.165, 1.54) is 4.57 Å². The summed E-state index contributed by atoms with van der Waals surface area (Å²) in [7, 11) is 1.37. The minimum absolute atomic E-state index is 0.279. The third kappa shape index (κ3) is 2.93. The molecular weight excluding hydrogens is 345 g/mol. The van der Waals surface area contributed by atoms with Gasteiger partial charge in [0.1, 0.15) is 0 Å². The Hall–Kier alpha value is -0.820.